The molecule has 0 spiro atoms. The van der Waals surface area contributed by atoms with Crippen LogP contribution < -0.4 is 10.5 Å². The van der Waals surface area contributed by atoms with Gasteiger partial charge in [0.25, 0.3) is 0 Å². The lowest BCUT2D eigenvalue weighted by molar-refractivity contribution is 0.0453. The van der Waals surface area contributed by atoms with Crippen LogP contribution >= 0.6 is 0 Å². The van der Waals surface area contributed by atoms with Gasteiger partial charge in [-0.2, -0.15) is 0 Å². The van der Waals surface area contributed by atoms with Crippen LogP contribution in [0.2, 0.25) is 0 Å². The summed E-state index contributed by atoms with van der Waals surface area (Å²) in [6, 6.07) is 11.7. The molecule has 0 aliphatic rings. The number of ether oxygens (including phenoxy) is 2. The van der Waals surface area contributed by atoms with Crippen LogP contribution in [-0.2, 0) is 11.3 Å². The van der Waals surface area contributed by atoms with Crippen LogP contribution in [0, 0.1) is 0 Å². The fourth-order valence-corrected chi connectivity index (χ4v) is 1.83. The smallest absolute Gasteiger partial charge is 0.119 e. The molecule has 0 bridgehead atoms. The Hall–Kier alpha value is -1.91. The fourth-order valence-electron chi connectivity index (χ4n) is 1.83. The van der Waals surface area contributed by atoms with Crippen LogP contribution in [0.1, 0.15) is 17.2 Å². The molecule has 2 rings (SSSR count). The van der Waals surface area contributed by atoms with Crippen molar-refractivity contribution in [1.29, 1.82) is 0 Å². The first-order valence-electron chi connectivity index (χ1n) is 6.18. The van der Waals surface area contributed by atoms with Crippen LogP contribution in [0.15, 0.2) is 48.8 Å². The van der Waals surface area contributed by atoms with Gasteiger partial charge in [-0.15, -0.1) is 0 Å². The van der Waals surface area contributed by atoms with E-state index in [4.69, 9.17) is 15.2 Å². The molecular weight excluding hydrogens is 240 g/mol. The number of hydrogen-bond donors (Lipinski definition) is 1. The Kier molecular flexibility index (Phi) is 4.89. The number of aromatic nitrogens is 1. The van der Waals surface area contributed by atoms with Gasteiger partial charge in [0.15, 0.2) is 0 Å². The van der Waals surface area contributed by atoms with Crippen LogP contribution in [0.25, 0.3) is 0 Å². The number of nitrogens with zero attached hydrogens (tertiary/aromatic N) is 1. The van der Waals surface area contributed by atoms with E-state index in [0.717, 1.165) is 16.9 Å². The molecule has 0 radical (unpaired) electrons. The highest BCUT2D eigenvalue weighted by Crippen LogP contribution is 2.19. The number of methoxy groups -OCH3 is 1. The van der Waals surface area contributed by atoms with E-state index in [2.05, 4.69) is 4.98 Å². The molecule has 1 aromatic carbocycles. The monoisotopic (exact) mass is 258 g/mol. The molecule has 1 heterocycles. The van der Waals surface area contributed by atoms with E-state index in [1.54, 1.807) is 19.5 Å². The summed E-state index contributed by atoms with van der Waals surface area (Å²) in [5.41, 5.74) is 7.80. The number of hydrogen-bond acceptors (Lipinski definition) is 4. The van der Waals surface area contributed by atoms with Gasteiger partial charge in [0.2, 0.25) is 0 Å². The molecular formula is C15H18N2O2. The number of pyridine rings is 1. The van der Waals surface area contributed by atoms with Crippen molar-refractivity contribution < 1.29 is 9.47 Å². The fraction of sp³-hybridized carbons (Fsp3) is 0.267. The van der Waals surface area contributed by atoms with Gasteiger partial charge in [0.1, 0.15) is 5.75 Å². The summed E-state index contributed by atoms with van der Waals surface area (Å²) < 4.78 is 11.0. The molecule has 1 aromatic heterocycles. The molecule has 0 amide bonds. The number of benzene rings is 1. The molecule has 4 heteroatoms. The first kappa shape index (κ1) is 13.5. The number of nitrogens with two attached hydrogens (primary N) is 1. The van der Waals surface area contributed by atoms with Crippen molar-refractivity contribution in [3.05, 3.63) is 59.9 Å². The highest BCUT2D eigenvalue weighted by atomic mass is 16.5. The van der Waals surface area contributed by atoms with Crippen molar-refractivity contribution in [3.8, 4) is 5.75 Å². The highest BCUT2D eigenvalue weighted by molar-refractivity contribution is 5.28. The van der Waals surface area contributed by atoms with E-state index in [-0.39, 0.29) is 6.10 Å². The van der Waals surface area contributed by atoms with E-state index in [9.17, 15) is 0 Å². The predicted octanol–water partition coefficient (Wildman–Crippen LogP) is 2.31. The normalized spacial score (nSPS) is 12.1. The molecule has 1 atom stereocenters. The summed E-state index contributed by atoms with van der Waals surface area (Å²) in [4.78, 5) is 4.08. The van der Waals surface area contributed by atoms with E-state index in [1.807, 2.05) is 36.4 Å². The van der Waals surface area contributed by atoms with E-state index in [0.29, 0.717) is 13.2 Å². The van der Waals surface area contributed by atoms with Gasteiger partial charge in [-0.1, -0.05) is 18.2 Å². The van der Waals surface area contributed by atoms with Gasteiger partial charge in [0, 0.05) is 24.5 Å². The van der Waals surface area contributed by atoms with Crippen LogP contribution in [0.4, 0.5) is 0 Å². The molecule has 0 fully saturated rings. The molecule has 0 saturated carbocycles. The summed E-state index contributed by atoms with van der Waals surface area (Å²) in [5, 5.41) is 0. The summed E-state index contributed by atoms with van der Waals surface area (Å²) >= 11 is 0. The zero-order chi connectivity index (χ0) is 13.5. The minimum Gasteiger partial charge on any atom is -0.497 e. The third-order valence-corrected chi connectivity index (χ3v) is 2.86. The number of rotatable bonds is 6. The van der Waals surface area contributed by atoms with Crippen molar-refractivity contribution >= 4 is 0 Å². The van der Waals surface area contributed by atoms with Gasteiger partial charge < -0.3 is 15.2 Å². The SMILES string of the molecule is COc1cccc(COC(CN)c2cccnc2)c1. The molecule has 2 aromatic rings. The average Bonchev–Trinajstić information content (AvgIpc) is 2.49. The molecule has 100 valence electrons. The summed E-state index contributed by atoms with van der Waals surface area (Å²) in [7, 11) is 1.65. The first-order valence-corrected chi connectivity index (χ1v) is 6.18. The van der Waals surface area contributed by atoms with Gasteiger partial charge in [-0.25, -0.2) is 0 Å². The molecule has 4 nitrogen and oxygen atoms in total. The quantitative estimate of drug-likeness (QED) is 0.863. The van der Waals surface area contributed by atoms with Crippen LogP contribution in [0.5, 0.6) is 5.75 Å². The second kappa shape index (κ2) is 6.87. The minimum atomic E-state index is -0.139. The van der Waals surface area contributed by atoms with Crippen molar-refractivity contribution in [2.24, 2.45) is 5.73 Å². The second-order valence-corrected chi connectivity index (χ2v) is 4.17. The van der Waals surface area contributed by atoms with Crippen molar-refractivity contribution in [3.63, 3.8) is 0 Å². The molecule has 0 aliphatic carbocycles. The van der Waals surface area contributed by atoms with Crippen molar-refractivity contribution in [2.75, 3.05) is 13.7 Å². The maximum Gasteiger partial charge on any atom is 0.119 e. The summed E-state index contributed by atoms with van der Waals surface area (Å²) in [6.45, 7) is 0.920. The molecule has 2 N–H and O–H groups in total. The highest BCUT2D eigenvalue weighted by Gasteiger charge is 2.10. The molecule has 19 heavy (non-hydrogen) atoms. The zero-order valence-corrected chi connectivity index (χ0v) is 11.0. The van der Waals surface area contributed by atoms with E-state index >= 15 is 0 Å². The third-order valence-electron chi connectivity index (χ3n) is 2.86. The topological polar surface area (TPSA) is 57.4 Å². The van der Waals surface area contributed by atoms with Gasteiger partial charge in [-0.3, -0.25) is 4.98 Å². The van der Waals surface area contributed by atoms with Gasteiger partial charge in [0.05, 0.1) is 19.8 Å². The average molecular weight is 258 g/mol. The lowest BCUT2D eigenvalue weighted by Crippen LogP contribution is -2.16. The third kappa shape index (κ3) is 3.77. The van der Waals surface area contributed by atoms with Crippen molar-refractivity contribution in [1.82, 2.24) is 4.98 Å². The lowest BCUT2D eigenvalue weighted by atomic mass is 10.1. The Morgan fingerprint density at radius 2 is 2.16 bits per heavy atom. The standard InChI is InChI=1S/C15H18N2O2/c1-18-14-6-2-4-12(8-14)11-19-15(9-16)13-5-3-7-17-10-13/h2-8,10,15H,9,11,16H2,1H3. The van der Waals surface area contributed by atoms with E-state index < -0.39 is 0 Å². The summed E-state index contributed by atoms with van der Waals surface area (Å²) in [6.07, 6.45) is 3.38. The Morgan fingerprint density at radius 1 is 1.26 bits per heavy atom. The maximum absolute atomic E-state index is 5.84. The Bertz CT molecular complexity index is 503. The Morgan fingerprint density at radius 3 is 2.84 bits per heavy atom. The van der Waals surface area contributed by atoms with Crippen LogP contribution in [0.3, 0.4) is 0 Å². The Balaban J connectivity index is 2.00. The van der Waals surface area contributed by atoms with Crippen molar-refractivity contribution in [2.45, 2.75) is 12.7 Å². The predicted molar refractivity (Wildman–Crippen MR) is 73.8 cm³/mol. The van der Waals surface area contributed by atoms with Crippen LogP contribution in [-0.4, -0.2) is 18.6 Å². The first-order chi connectivity index (χ1) is 9.33. The molecule has 0 saturated heterocycles. The zero-order valence-electron chi connectivity index (χ0n) is 11.0. The van der Waals surface area contributed by atoms with Gasteiger partial charge >= 0.3 is 0 Å². The second-order valence-electron chi connectivity index (χ2n) is 4.17. The lowest BCUT2D eigenvalue weighted by Gasteiger charge is -2.16. The summed E-state index contributed by atoms with van der Waals surface area (Å²) in [5.74, 6) is 0.826. The Labute approximate surface area is 113 Å². The van der Waals surface area contributed by atoms with E-state index in [1.165, 1.54) is 0 Å². The molecule has 1 unspecified atom stereocenters. The molecule has 0 aliphatic heterocycles. The van der Waals surface area contributed by atoms with Gasteiger partial charge in [-0.05, 0) is 23.8 Å². The minimum absolute atomic E-state index is 0.139. The largest absolute Gasteiger partial charge is 0.497 e. The maximum atomic E-state index is 5.84.